The van der Waals surface area contributed by atoms with E-state index in [-0.39, 0.29) is 17.7 Å². The number of amides is 2. The average Bonchev–Trinajstić information content (AvgIpc) is 2.68. The fourth-order valence-electron chi connectivity index (χ4n) is 3.91. The van der Waals surface area contributed by atoms with Gasteiger partial charge in [-0.2, -0.15) is 0 Å². The van der Waals surface area contributed by atoms with Crippen LogP contribution in [0.4, 0.5) is 5.69 Å². The molecule has 1 saturated carbocycles. The molecule has 0 unspecified atom stereocenters. The summed E-state index contributed by atoms with van der Waals surface area (Å²) < 4.78 is 0. The van der Waals surface area contributed by atoms with E-state index in [0.29, 0.717) is 5.91 Å². The second-order valence-electron chi connectivity index (χ2n) is 7.16. The van der Waals surface area contributed by atoms with Crippen LogP contribution in [0.2, 0.25) is 0 Å². The van der Waals surface area contributed by atoms with Gasteiger partial charge in [-0.1, -0.05) is 25.1 Å². The van der Waals surface area contributed by atoms with Gasteiger partial charge in [-0.3, -0.25) is 9.59 Å². The number of benzene rings is 1. The van der Waals surface area contributed by atoms with Crippen LogP contribution in [0, 0.1) is 11.8 Å². The zero-order valence-electron chi connectivity index (χ0n) is 15.1. The van der Waals surface area contributed by atoms with Gasteiger partial charge in [0.05, 0.1) is 0 Å². The van der Waals surface area contributed by atoms with Gasteiger partial charge in [-0.25, -0.2) is 0 Å². The van der Waals surface area contributed by atoms with Crippen molar-refractivity contribution in [2.45, 2.75) is 32.6 Å². The third-order valence-electron chi connectivity index (χ3n) is 5.62. The lowest BCUT2D eigenvalue weighted by molar-refractivity contribution is -0.139. The molecule has 0 spiro atoms. The standard InChI is InChI=1S/C20H29N3O2/c1-2-22-12-14-23(15-13-22)20(25)17-10-8-16(9-11-17)19(24)21-18-6-4-3-5-7-18/h3-7,16-17H,2,8-15H2,1H3,(H,21,24). The second-order valence-corrected chi connectivity index (χ2v) is 7.16. The molecule has 1 aromatic carbocycles. The minimum Gasteiger partial charge on any atom is -0.340 e. The third-order valence-corrected chi connectivity index (χ3v) is 5.62. The largest absolute Gasteiger partial charge is 0.340 e. The summed E-state index contributed by atoms with van der Waals surface area (Å²) in [5, 5.41) is 2.99. The number of para-hydroxylation sites is 1. The van der Waals surface area contributed by atoms with Crippen LogP contribution in [0.15, 0.2) is 30.3 Å². The topological polar surface area (TPSA) is 52.7 Å². The molecule has 5 heteroatoms. The van der Waals surface area contributed by atoms with E-state index in [0.717, 1.165) is 64.1 Å². The Bertz CT molecular complexity index is 574. The quantitative estimate of drug-likeness (QED) is 0.914. The first-order chi connectivity index (χ1) is 12.2. The minimum atomic E-state index is 0.0289. The summed E-state index contributed by atoms with van der Waals surface area (Å²) >= 11 is 0. The molecule has 1 saturated heterocycles. The van der Waals surface area contributed by atoms with Crippen molar-refractivity contribution in [2.24, 2.45) is 11.8 Å². The van der Waals surface area contributed by atoms with E-state index >= 15 is 0 Å². The van der Waals surface area contributed by atoms with Gasteiger partial charge >= 0.3 is 0 Å². The maximum atomic E-state index is 12.7. The van der Waals surface area contributed by atoms with Crippen molar-refractivity contribution >= 4 is 17.5 Å². The Morgan fingerprint density at radius 1 is 0.960 bits per heavy atom. The highest BCUT2D eigenvalue weighted by Crippen LogP contribution is 2.31. The fraction of sp³-hybridized carbons (Fsp3) is 0.600. The van der Waals surface area contributed by atoms with E-state index in [2.05, 4.69) is 17.1 Å². The van der Waals surface area contributed by atoms with Gasteiger partial charge in [0.1, 0.15) is 0 Å². The fourth-order valence-corrected chi connectivity index (χ4v) is 3.91. The van der Waals surface area contributed by atoms with Crippen LogP contribution in [0.25, 0.3) is 0 Å². The van der Waals surface area contributed by atoms with Crippen molar-refractivity contribution in [1.82, 2.24) is 9.80 Å². The summed E-state index contributed by atoms with van der Waals surface area (Å²) in [7, 11) is 0. The van der Waals surface area contributed by atoms with Crippen molar-refractivity contribution in [2.75, 3.05) is 38.0 Å². The Morgan fingerprint density at radius 2 is 1.56 bits per heavy atom. The molecule has 2 amide bonds. The number of nitrogens with one attached hydrogen (secondary N) is 1. The second kappa shape index (κ2) is 8.48. The Morgan fingerprint density at radius 3 is 2.16 bits per heavy atom. The van der Waals surface area contributed by atoms with Crippen molar-refractivity contribution in [3.8, 4) is 0 Å². The molecule has 5 nitrogen and oxygen atoms in total. The number of carbonyl (C=O) groups is 2. The molecule has 1 aliphatic carbocycles. The summed E-state index contributed by atoms with van der Waals surface area (Å²) in [4.78, 5) is 29.5. The minimum absolute atomic E-state index is 0.0289. The van der Waals surface area contributed by atoms with Gasteiger partial charge in [0.15, 0.2) is 0 Å². The molecule has 0 atom stereocenters. The predicted octanol–water partition coefficient (Wildman–Crippen LogP) is 2.60. The first-order valence-electron chi connectivity index (χ1n) is 9.54. The van der Waals surface area contributed by atoms with Crippen LogP contribution in [-0.4, -0.2) is 54.3 Å². The van der Waals surface area contributed by atoms with Crippen LogP contribution in [0.1, 0.15) is 32.6 Å². The molecule has 1 heterocycles. The Balaban J connectivity index is 1.45. The average molecular weight is 343 g/mol. The van der Waals surface area contributed by atoms with Crippen LogP contribution in [-0.2, 0) is 9.59 Å². The predicted molar refractivity (Wildman–Crippen MR) is 99.2 cm³/mol. The van der Waals surface area contributed by atoms with E-state index in [1.807, 2.05) is 35.2 Å². The van der Waals surface area contributed by atoms with Crippen molar-refractivity contribution in [1.29, 1.82) is 0 Å². The number of nitrogens with zero attached hydrogens (tertiary/aromatic N) is 2. The van der Waals surface area contributed by atoms with Gasteiger partial charge in [-0.05, 0) is 44.4 Å². The van der Waals surface area contributed by atoms with Crippen LogP contribution in [0.5, 0.6) is 0 Å². The number of hydrogen-bond donors (Lipinski definition) is 1. The maximum absolute atomic E-state index is 12.7. The van der Waals surface area contributed by atoms with Crippen molar-refractivity contribution in [3.63, 3.8) is 0 Å². The van der Waals surface area contributed by atoms with Gasteiger partial charge in [0.2, 0.25) is 11.8 Å². The third kappa shape index (κ3) is 4.60. The molecule has 136 valence electrons. The number of piperazine rings is 1. The van der Waals surface area contributed by atoms with Gasteiger partial charge < -0.3 is 15.1 Å². The molecule has 2 aliphatic rings. The lowest BCUT2D eigenvalue weighted by Gasteiger charge is -2.37. The molecule has 0 bridgehead atoms. The summed E-state index contributed by atoms with van der Waals surface area (Å²) in [6, 6.07) is 9.59. The highest BCUT2D eigenvalue weighted by atomic mass is 16.2. The Hall–Kier alpha value is -1.88. The molecular weight excluding hydrogens is 314 g/mol. The number of carbonyl (C=O) groups excluding carboxylic acids is 2. The first kappa shape index (κ1) is 17.9. The molecule has 3 rings (SSSR count). The lowest BCUT2D eigenvalue weighted by Crippen LogP contribution is -2.50. The first-order valence-corrected chi connectivity index (χ1v) is 9.54. The zero-order valence-corrected chi connectivity index (χ0v) is 15.1. The van der Waals surface area contributed by atoms with Gasteiger partial charge in [0.25, 0.3) is 0 Å². The Kier molecular flexibility index (Phi) is 6.08. The van der Waals surface area contributed by atoms with Crippen LogP contribution < -0.4 is 5.32 Å². The number of hydrogen-bond acceptors (Lipinski definition) is 3. The smallest absolute Gasteiger partial charge is 0.227 e. The monoisotopic (exact) mass is 343 g/mol. The number of likely N-dealkylation sites (N-methyl/N-ethyl adjacent to an activating group) is 1. The molecule has 0 aromatic heterocycles. The maximum Gasteiger partial charge on any atom is 0.227 e. The van der Waals surface area contributed by atoms with E-state index in [1.165, 1.54) is 0 Å². The lowest BCUT2D eigenvalue weighted by atomic mass is 9.80. The van der Waals surface area contributed by atoms with Gasteiger partial charge in [0, 0.05) is 43.7 Å². The summed E-state index contributed by atoms with van der Waals surface area (Å²) in [6.07, 6.45) is 3.29. The highest BCUT2D eigenvalue weighted by Gasteiger charge is 2.33. The van der Waals surface area contributed by atoms with E-state index in [9.17, 15) is 9.59 Å². The molecule has 2 fully saturated rings. The molecule has 1 aromatic rings. The van der Waals surface area contributed by atoms with Crippen molar-refractivity contribution < 1.29 is 9.59 Å². The SMILES string of the molecule is CCN1CCN(C(=O)C2CCC(C(=O)Nc3ccccc3)CC2)CC1. The Labute approximate surface area is 150 Å². The number of anilines is 1. The van der Waals surface area contributed by atoms with Crippen LogP contribution in [0.3, 0.4) is 0 Å². The molecule has 1 aliphatic heterocycles. The number of rotatable bonds is 4. The van der Waals surface area contributed by atoms with Gasteiger partial charge in [-0.15, -0.1) is 0 Å². The summed E-state index contributed by atoms with van der Waals surface area (Å²) in [6.45, 7) is 6.89. The highest BCUT2D eigenvalue weighted by molar-refractivity contribution is 5.92. The summed E-state index contributed by atoms with van der Waals surface area (Å²) in [5.41, 5.74) is 0.847. The van der Waals surface area contributed by atoms with Crippen LogP contribution >= 0.6 is 0 Å². The normalized spacial score (nSPS) is 24.8. The van der Waals surface area contributed by atoms with E-state index in [1.54, 1.807) is 0 Å². The molecular formula is C20H29N3O2. The molecule has 0 radical (unpaired) electrons. The van der Waals surface area contributed by atoms with E-state index in [4.69, 9.17) is 0 Å². The van der Waals surface area contributed by atoms with E-state index < -0.39 is 0 Å². The van der Waals surface area contributed by atoms with Crippen molar-refractivity contribution in [3.05, 3.63) is 30.3 Å². The molecule has 25 heavy (non-hydrogen) atoms. The zero-order chi connectivity index (χ0) is 17.6. The summed E-state index contributed by atoms with van der Waals surface area (Å²) in [5.74, 6) is 0.529. The molecule has 1 N–H and O–H groups in total.